The van der Waals surface area contributed by atoms with Gasteiger partial charge in [0.25, 0.3) is 0 Å². The monoisotopic (exact) mass is 320 g/mol. The van der Waals surface area contributed by atoms with Gasteiger partial charge in [0, 0.05) is 35.7 Å². The number of aromatic nitrogens is 2. The quantitative estimate of drug-likeness (QED) is 0.938. The summed E-state index contributed by atoms with van der Waals surface area (Å²) >= 11 is 6.03. The van der Waals surface area contributed by atoms with Gasteiger partial charge in [0.1, 0.15) is 12.1 Å². The molecule has 1 aliphatic rings. The Hall–Kier alpha value is -1.43. The van der Waals surface area contributed by atoms with E-state index >= 15 is 0 Å². The molecule has 1 N–H and O–H groups in total. The molecule has 1 aliphatic heterocycles. The third-order valence-electron chi connectivity index (χ3n) is 4.56. The number of nitrogens with one attached hydrogen (secondary N) is 1. The molecule has 0 bridgehead atoms. The second-order valence-corrected chi connectivity index (χ2v) is 6.40. The van der Waals surface area contributed by atoms with Crippen LogP contribution in [-0.4, -0.2) is 54.3 Å². The molecule has 2 aromatic rings. The van der Waals surface area contributed by atoms with Gasteiger partial charge in [0.2, 0.25) is 0 Å². The van der Waals surface area contributed by atoms with Gasteiger partial charge in [0.05, 0.1) is 5.52 Å². The fourth-order valence-corrected chi connectivity index (χ4v) is 3.12. The maximum atomic E-state index is 6.03. The second-order valence-electron chi connectivity index (χ2n) is 5.97. The Balaban J connectivity index is 1.83. The van der Waals surface area contributed by atoms with Crippen LogP contribution in [-0.2, 0) is 4.74 Å². The Kier molecular flexibility index (Phi) is 4.47. The van der Waals surface area contributed by atoms with Gasteiger partial charge < -0.3 is 15.0 Å². The summed E-state index contributed by atoms with van der Waals surface area (Å²) < 4.78 is 5.52. The van der Waals surface area contributed by atoms with Crippen LogP contribution in [0.3, 0.4) is 0 Å². The van der Waals surface area contributed by atoms with E-state index in [-0.39, 0.29) is 5.54 Å². The van der Waals surface area contributed by atoms with E-state index in [0.717, 1.165) is 49.3 Å². The first-order valence-electron chi connectivity index (χ1n) is 7.50. The van der Waals surface area contributed by atoms with Crippen LogP contribution in [0.5, 0.6) is 0 Å². The Morgan fingerprint density at radius 1 is 1.27 bits per heavy atom. The van der Waals surface area contributed by atoms with Gasteiger partial charge in [-0.15, -0.1) is 0 Å². The van der Waals surface area contributed by atoms with Crippen molar-refractivity contribution in [3.05, 3.63) is 29.5 Å². The lowest BCUT2D eigenvalue weighted by Gasteiger charge is -2.43. The maximum absolute atomic E-state index is 6.03. The van der Waals surface area contributed by atoms with Gasteiger partial charge in [-0.2, -0.15) is 0 Å². The zero-order chi connectivity index (χ0) is 15.6. The van der Waals surface area contributed by atoms with Gasteiger partial charge in [-0.1, -0.05) is 11.6 Å². The minimum absolute atomic E-state index is 0.0992. The topological polar surface area (TPSA) is 50.3 Å². The van der Waals surface area contributed by atoms with E-state index < -0.39 is 0 Å². The summed E-state index contributed by atoms with van der Waals surface area (Å²) in [4.78, 5) is 11.0. The van der Waals surface area contributed by atoms with Crippen molar-refractivity contribution in [1.82, 2.24) is 14.9 Å². The van der Waals surface area contributed by atoms with Gasteiger partial charge in [0.15, 0.2) is 0 Å². The summed E-state index contributed by atoms with van der Waals surface area (Å²) in [6.45, 7) is 2.44. The summed E-state index contributed by atoms with van der Waals surface area (Å²) in [5, 5.41) is 5.19. The standard InChI is InChI=1S/C16H21ClN4O/c1-21(2)16(5-7-22-8-6-16)10-18-15-13-4-3-12(17)9-14(13)19-11-20-15/h3-4,9,11H,5-8,10H2,1-2H3,(H,18,19,20). The van der Waals surface area contributed by atoms with Gasteiger partial charge in [-0.25, -0.2) is 9.97 Å². The van der Waals surface area contributed by atoms with Crippen LogP contribution in [0.15, 0.2) is 24.5 Å². The van der Waals surface area contributed by atoms with Crippen LogP contribution in [0, 0.1) is 0 Å². The van der Waals surface area contributed by atoms with Crippen molar-refractivity contribution in [2.45, 2.75) is 18.4 Å². The largest absolute Gasteiger partial charge is 0.381 e. The number of anilines is 1. The average molecular weight is 321 g/mol. The molecule has 0 aliphatic carbocycles. The van der Waals surface area contributed by atoms with E-state index in [0.29, 0.717) is 5.02 Å². The molecule has 0 amide bonds. The Morgan fingerprint density at radius 3 is 2.77 bits per heavy atom. The minimum atomic E-state index is 0.0992. The van der Waals surface area contributed by atoms with Crippen molar-refractivity contribution >= 4 is 28.3 Å². The molecule has 1 saturated heterocycles. The number of benzene rings is 1. The number of likely N-dealkylation sites (N-methyl/N-ethyl adjacent to an activating group) is 1. The van der Waals surface area contributed by atoms with Gasteiger partial charge >= 0.3 is 0 Å². The first-order valence-corrected chi connectivity index (χ1v) is 7.88. The molecule has 0 unspecified atom stereocenters. The molecule has 6 heteroatoms. The lowest BCUT2D eigenvalue weighted by molar-refractivity contribution is -0.000651. The van der Waals surface area contributed by atoms with Crippen LogP contribution in [0.1, 0.15) is 12.8 Å². The van der Waals surface area contributed by atoms with E-state index in [1.807, 2.05) is 18.2 Å². The fourth-order valence-electron chi connectivity index (χ4n) is 2.95. The normalized spacial score (nSPS) is 17.8. The Morgan fingerprint density at radius 2 is 2.05 bits per heavy atom. The lowest BCUT2D eigenvalue weighted by Crippen LogP contribution is -2.53. The van der Waals surface area contributed by atoms with E-state index in [1.54, 1.807) is 6.33 Å². The number of ether oxygens (including phenoxy) is 1. The highest BCUT2D eigenvalue weighted by Gasteiger charge is 2.34. The summed E-state index contributed by atoms with van der Waals surface area (Å²) in [7, 11) is 4.26. The van der Waals surface area contributed by atoms with Gasteiger partial charge in [-0.05, 0) is 45.1 Å². The van der Waals surface area contributed by atoms with E-state index in [9.17, 15) is 0 Å². The summed E-state index contributed by atoms with van der Waals surface area (Å²) in [5.41, 5.74) is 0.956. The highest BCUT2D eigenvalue weighted by Crippen LogP contribution is 2.28. The zero-order valence-corrected chi connectivity index (χ0v) is 13.7. The highest BCUT2D eigenvalue weighted by molar-refractivity contribution is 6.31. The molecule has 1 aromatic carbocycles. The summed E-state index contributed by atoms with van der Waals surface area (Å²) in [5.74, 6) is 0.856. The SMILES string of the molecule is CN(C)C1(CNc2ncnc3cc(Cl)ccc23)CCOCC1. The molecule has 1 fully saturated rings. The molecule has 118 valence electrons. The lowest BCUT2D eigenvalue weighted by atomic mass is 9.88. The fraction of sp³-hybridized carbons (Fsp3) is 0.500. The number of halogens is 1. The molecule has 0 spiro atoms. The third kappa shape index (κ3) is 3.02. The van der Waals surface area contributed by atoms with Crippen LogP contribution < -0.4 is 5.32 Å². The van der Waals surface area contributed by atoms with Crippen LogP contribution in [0.2, 0.25) is 5.02 Å². The Labute approximate surface area is 135 Å². The van der Waals surface area contributed by atoms with Crippen molar-refractivity contribution in [3.63, 3.8) is 0 Å². The number of hydrogen-bond donors (Lipinski definition) is 1. The molecular weight excluding hydrogens is 300 g/mol. The molecule has 0 radical (unpaired) electrons. The first-order chi connectivity index (χ1) is 10.6. The third-order valence-corrected chi connectivity index (χ3v) is 4.79. The predicted molar refractivity (Wildman–Crippen MR) is 89.5 cm³/mol. The van der Waals surface area contributed by atoms with Crippen LogP contribution in [0.25, 0.3) is 10.9 Å². The number of fused-ring (bicyclic) bond motifs is 1. The molecule has 3 rings (SSSR count). The molecule has 5 nitrogen and oxygen atoms in total. The minimum Gasteiger partial charge on any atom is -0.381 e. The van der Waals surface area contributed by atoms with E-state index in [2.05, 4.69) is 34.3 Å². The van der Waals surface area contributed by atoms with Crippen LogP contribution in [0.4, 0.5) is 5.82 Å². The Bertz CT molecular complexity index is 656. The molecule has 0 saturated carbocycles. The van der Waals surface area contributed by atoms with Gasteiger partial charge in [-0.3, -0.25) is 0 Å². The maximum Gasteiger partial charge on any atom is 0.137 e. The van der Waals surface area contributed by atoms with E-state index in [1.165, 1.54) is 0 Å². The number of rotatable bonds is 4. The molecule has 0 atom stereocenters. The molecular formula is C16H21ClN4O. The molecule has 2 heterocycles. The first kappa shape index (κ1) is 15.5. The molecule has 1 aromatic heterocycles. The van der Waals surface area contributed by atoms with Crippen molar-refractivity contribution in [3.8, 4) is 0 Å². The van der Waals surface area contributed by atoms with E-state index in [4.69, 9.17) is 16.3 Å². The van der Waals surface area contributed by atoms with Crippen molar-refractivity contribution in [2.24, 2.45) is 0 Å². The average Bonchev–Trinajstić information content (AvgIpc) is 2.53. The van der Waals surface area contributed by atoms with Crippen molar-refractivity contribution < 1.29 is 4.74 Å². The number of hydrogen-bond acceptors (Lipinski definition) is 5. The number of nitrogens with zero attached hydrogens (tertiary/aromatic N) is 3. The summed E-state index contributed by atoms with van der Waals surface area (Å²) in [6.07, 6.45) is 3.61. The highest BCUT2D eigenvalue weighted by atomic mass is 35.5. The summed E-state index contributed by atoms with van der Waals surface area (Å²) in [6, 6.07) is 5.70. The van der Waals surface area contributed by atoms with Crippen molar-refractivity contribution in [1.29, 1.82) is 0 Å². The predicted octanol–water partition coefficient (Wildman–Crippen LogP) is 2.81. The molecule has 22 heavy (non-hydrogen) atoms. The van der Waals surface area contributed by atoms with Crippen molar-refractivity contribution in [2.75, 3.05) is 39.2 Å². The second kappa shape index (κ2) is 6.36. The zero-order valence-electron chi connectivity index (χ0n) is 13.0. The smallest absolute Gasteiger partial charge is 0.137 e. The van der Waals surface area contributed by atoms with Crippen LogP contribution >= 0.6 is 11.6 Å².